The summed E-state index contributed by atoms with van der Waals surface area (Å²) in [4.78, 5) is 11.1. The van der Waals surface area contributed by atoms with Crippen LogP contribution in [0, 0.1) is 0 Å². The Balaban J connectivity index is 2.85. The third-order valence-electron chi connectivity index (χ3n) is 3.46. The molecule has 8 nitrogen and oxygen atoms in total. The minimum atomic E-state index is -3.84. The first-order valence-corrected chi connectivity index (χ1v) is 10.2. The molecule has 9 heteroatoms. The van der Waals surface area contributed by atoms with E-state index in [1.807, 2.05) is 13.8 Å². The lowest BCUT2D eigenvalue weighted by Gasteiger charge is -2.14. The van der Waals surface area contributed by atoms with Crippen molar-refractivity contribution >= 4 is 21.7 Å². The van der Waals surface area contributed by atoms with Crippen molar-refractivity contribution in [1.82, 2.24) is 4.72 Å². The lowest BCUT2D eigenvalue weighted by Crippen LogP contribution is -2.27. The lowest BCUT2D eigenvalue weighted by atomic mass is 10.2. The van der Waals surface area contributed by atoms with Crippen LogP contribution < -0.4 is 10.0 Å². The third-order valence-corrected chi connectivity index (χ3v) is 4.97. The standard InChI is InChI=1S/C17H28N2O6S/c1-3-24-11-5-9-18-15-8-7-14(17(20)21)13-16(15)26(22,23)19-10-6-12-25-4-2/h7-8,13,18-19H,3-6,9-12H2,1-2H3,(H,20,21). The number of carbonyl (C=O) groups is 1. The zero-order valence-electron chi connectivity index (χ0n) is 15.3. The summed E-state index contributed by atoms with van der Waals surface area (Å²) in [7, 11) is -3.84. The van der Waals surface area contributed by atoms with Gasteiger partial charge in [-0.2, -0.15) is 0 Å². The Hall–Kier alpha value is -1.68. The van der Waals surface area contributed by atoms with Crippen LogP contribution in [0.1, 0.15) is 37.0 Å². The van der Waals surface area contributed by atoms with Gasteiger partial charge in [-0.25, -0.2) is 17.9 Å². The fourth-order valence-corrected chi connectivity index (χ4v) is 3.45. The van der Waals surface area contributed by atoms with E-state index in [1.54, 1.807) is 0 Å². The van der Waals surface area contributed by atoms with Gasteiger partial charge in [-0.15, -0.1) is 0 Å². The monoisotopic (exact) mass is 388 g/mol. The number of hydrogen-bond acceptors (Lipinski definition) is 6. The lowest BCUT2D eigenvalue weighted by molar-refractivity contribution is 0.0696. The molecular formula is C17H28N2O6S. The highest BCUT2D eigenvalue weighted by molar-refractivity contribution is 7.89. The highest BCUT2D eigenvalue weighted by Gasteiger charge is 2.20. The maximum atomic E-state index is 12.6. The van der Waals surface area contributed by atoms with E-state index in [9.17, 15) is 13.2 Å². The first-order valence-electron chi connectivity index (χ1n) is 8.68. The first-order chi connectivity index (χ1) is 12.4. The van der Waals surface area contributed by atoms with Crippen LogP contribution in [-0.2, 0) is 19.5 Å². The van der Waals surface area contributed by atoms with Crippen molar-refractivity contribution in [3.8, 4) is 0 Å². The van der Waals surface area contributed by atoms with Crippen LogP contribution in [0.15, 0.2) is 23.1 Å². The summed E-state index contributed by atoms with van der Waals surface area (Å²) in [5, 5.41) is 12.2. The predicted octanol–water partition coefficient (Wildman–Crippen LogP) is 1.93. The Labute approximate surface area is 154 Å². The number of nitrogens with one attached hydrogen (secondary N) is 2. The number of sulfonamides is 1. The van der Waals surface area contributed by atoms with E-state index >= 15 is 0 Å². The summed E-state index contributed by atoms with van der Waals surface area (Å²) in [6.07, 6.45) is 1.23. The van der Waals surface area contributed by atoms with Crippen molar-refractivity contribution in [2.75, 3.05) is 44.8 Å². The SMILES string of the molecule is CCOCCCNc1ccc(C(=O)O)cc1S(=O)(=O)NCCCOCC. The van der Waals surface area contributed by atoms with Gasteiger partial charge in [0.15, 0.2) is 0 Å². The molecule has 0 aliphatic heterocycles. The van der Waals surface area contributed by atoms with E-state index in [0.29, 0.717) is 51.5 Å². The largest absolute Gasteiger partial charge is 0.478 e. The van der Waals surface area contributed by atoms with Crippen molar-refractivity contribution < 1.29 is 27.8 Å². The smallest absolute Gasteiger partial charge is 0.335 e. The Kier molecular flexibility index (Phi) is 10.2. The highest BCUT2D eigenvalue weighted by Crippen LogP contribution is 2.23. The summed E-state index contributed by atoms with van der Waals surface area (Å²) >= 11 is 0. The third kappa shape index (κ3) is 7.69. The zero-order valence-corrected chi connectivity index (χ0v) is 16.1. The normalized spacial score (nSPS) is 11.5. The molecule has 0 fully saturated rings. The van der Waals surface area contributed by atoms with E-state index in [1.165, 1.54) is 12.1 Å². The Morgan fingerprint density at radius 1 is 1.08 bits per heavy atom. The molecule has 0 aliphatic carbocycles. The minimum absolute atomic E-state index is 0.0785. The second-order valence-corrected chi connectivity index (χ2v) is 7.18. The number of rotatable bonds is 14. The molecule has 0 atom stereocenters. The molecule has 0 bridgehead atoms. The maximum Gasteiger partial charge on any atom is 0.335 e. The molecule has 1 aromatic carbocycles. The van der Waals surface area contributed by atoms with Crippen molar-refractivity contribution in [1.29, 1.82) is 0 Å². The van der Waals surface area contributed by atoms with Gasteiger partial charge < -0.3 is 19.9 Å². The second-order valence-electron chi connectivity index (χ2n) is 5.44. The molecule has 26 heavy (non-hydrogen) atoms. The van der Waals surface area contributed by atoms with Crippen LogP contribution in [0.3, 0.4) is 0 Å². The van der Waals surface area contributed by atoms with Crippen LogP contribution >= 0.6 is 0 Å². The highest BCUT2D eigenvalue weighted by atomic mass is 32.2. The fourth-order valence-electron chi connectivity index (χ4n) is 2.17. The number of ether oxygens (including phenoxy) is 2. The molecule has 0 radical (unpaired) electrons. The Morgan fingerprint density at radius 2 is 1.69 bits per heavy atom. The number of aromatic carboxylic acids is 1. The van der Waals surface area contributed by atoms with E-state index in [-0.39, 0.29) is 17.0 Å². The predicted molar refractivity (Wildman–Crippen MR) is 99.3 cm³/mol. The maximum absolute atomic E-state index is 12.6. The zero-order chi connectivity index (χ0) is 19.4. The van der Waals surface area contributed by atoms with Gasteiger partial charge in [0.1, 0.15) is 4.90 Å². The molecule has 0 spiro atoms. The van der Waals surface area contributed by atoms with Crippen LogP contribution in [0.5, 0.6) is 0 Å². The van der Waals surface area contributed by atoms with E-state index in [4.69, 9.17) is 14.6 Å². The molecule has 0 saturated carbocycles. The molecule has 0 amide bonds. The molecule has 0 aliphatic rings. The minimum Gasteiger partial charge on any atom is -0.478 e. The van der Waals surface area contributed by atoms with Gasteiger partial charge in [-0.1, -0.05) is 0 Å². The average Bonchev–Trinajstić information content (AvgIpc) is 2.61. The van der Waals surface area contributed by atoms with Crippen LogP contribution in [0.25, 0.3) is 0 Å². The Bertz CT molecular complexity index is 663. The molecule has 1 aromatic rings. The van der Waals surface area contributed by atoms with E-state index in [2.05, 4.69) is 10.0 Å². The summed E-state index contributed by atoms with van der Waals surface area (Å²) < 4.78 is 38.1. The van der Waals surface area contributed by atoms with Crippen LogP contribution in [0.4, 0.5) is 5.69 Å². The van der Waals surface area contributed by atoms with Crippen LogP contribution in [0.2, 0.25) is 0 Å². The van der Waals surface area contributed by atoms with Crippen molar-refractivity contribution in [2.24, 2.45) is 0 Å². The molecule has 0 aromatic heterocycles. The summed E-state index contributed by atoms with van der Waals surface area (Å²) in [6.45, 7) is 6.71. The molecule has 1 rings (SSSR count). The van der Waals surface area contributed by atoms with Gasteiger partial charge in [-0.05, 0) is 44.9 Å². The van der Waals surface area contributed by atoms with Gasteiger partial charge >= 0.3 is 5.97 Å². The number of carboxylic acid groups (broad SMARTS) is 1. The van der Waals surface area contributed by atoms with Gasteiger partial charge in [0, 0.05) is 39.5 Å². The Morgan fingerprint density at radius 3 is 2.27 bits per heavy atom. The quantitative estimate of drug-likeness (QED) is 0.417. The van der Waals surface area contributed by atoms with Crippen molar-refractivity contribution in [3.63, 3.8) is 0 Å². The van der Waals surface area contributed by atoms with E-state index in [0.717, 1.165) is 6.07 Å². The van der Waals surface area contributed by atoms with Crippen LogP contribution in [-0.4, -0.2) is 59.0 Å². The van der Waals surface area contributed by atoms with Gasteiger partial charge in [-0.3, -0.25) is 0 Å². The number of benzene rings is 1. The summed E-state index contributed by atoms with van der Waals surface area (Å²) in [5.74, 6) is -1.18. The van der Waals surface area contributed by atoms with Crippen molar-refractivity contribution in [3.05, 3.63) is 23.8 Å². The van der Waals surface area contributed by atoms with Gasteiger partial charge in [0.25, 0.3) is 0 Å². The fraction of sp³-hybridized carbons (Fsp3) is 0.588. The first kappa shape index (κ1) is 22.4. The molecular weight excluding hydrogens is 360 g/mol. The summed E-state index contributed by atoms with van der Waals surface area (Å²) in [6, 6.07) is 4.01. The molecule has 0 heterocycles. The average molecular weight is 388 g/mol. The molecule has 3 N–H and O–H groups in total. The second kappa shape index (κ2) is 11.8. The summed E-state index contributed by atoms with van der Waals surface area (Å²) in [5.41, 5.74) is 0.281. The van der Waals surface area contributed by atoms with Gasteiger partial charge in [0.05, 0.1) is 11.3 Å². The number of carboxylic acids is 1. The number of anilines is 1. The van der Waals surface area contributed by atoms with E-state index < -0.39 is 16.0 Å². The molecule has 0 saturated heterocycles. The molecule has 0 unspecified atom stereocenters. The topological polar surface area (TPSA) is 114 Å². The van der Waals surface area contributed by atoms with Crippen molar-refractivity contribution in [2.45, 2.75) is 31.6 Å². The molecule has 148 valence electrons. The number of hydrogen-bond donors (Lipinski definition) is 3. The van der Waals surface area contributed by atoms with Gasteiger partial charge in [0.2, 0.25) is 10.0 Å².